The number of carbonyl (C=O) groups excluding carboxylic acids is 1. The van der Waals surface area contributed by atoms with Gasteiger partial charge in [0.25, 0.3) is 0 Å². The summed E-state index contributed by atoms with van der Waals surface area (Å²) in [6, 6.07) is 15.4. The molecule has 0 aliphatic heterocycles. The molecular weight excluding hydrogens is 349 g/mol. The molecule has 2 aromatic carbocycles. The lowest BCUT2D eigenvalue weighted by Crippen LogP contribution is -2.09. The largest absolute Gasteiger partial charge is 0.315 e. The number of halogens is 1. The minimum Gasteiger partial charge on any atom is -0.315 e. The van der Waals surface area contributed by atoms with Crippen LogP contribution in [0.5, 0.6) is 0 Å². The zero-order chi connectivity index (χ0) is 13.7. The van der Waals surface area contributed by atoms with E-state index < -0.39 is 0 Å². The molecule has 2 aromatic rings. The van der Waals surface area contributed by atoms with Gasteiger partial charge in [-0.05, 0) is 59.3 Å². The smallest absolute Gasteiger partial charge is 0.300 e. The van der Waals surface area contributed by atoms with Crippen molar-refractivity contribution in [2.24, 2.45) is 0 Å². The number of amides is 1. The van der Waals surface area contributed by atoms with Gasteiger partial charge in [-0.15, -0.1) is 0 Å². The van der Waals surface area contributed by atoms with Crippen molar-refractivity contribution in [2.75, 3.05) is 5.32 Å². The molecule has 0 aromatic heterocycles. The van der Waals surface area contributed by atoms with Crippen LogP contribution in [0.1, 0.15) is 11.1 Å². The van der Waals surface area contributed by atoms with E-state index in [0.717, 1.165) is 20.4 Å². The molecule has 0 unspecified atom stereocenters. The van der Waals surface area contributed by atoms with Crippen molar-refractivity contribution in [3.63, 3.8) is 0 Å². The summed E-state index contributed by atoms with van der Waals surface area (Å²) in [4.78, 5) is 11.8. The fourth-order valence-electron chi connectivity index (χ4n) is 1.53. The number of nitrogens with one attached hydrogen (secondary N) is 1. The van der Waals surface area contributed by atoms with Crippen molar-refractivity contribution < 1.29 is 4.79 Å². The van der Waals surface area contributed by atoms with Crippen molar-refractivity contribution in [1.29, 1.82) is 0 Å². The maximum absolute atomic E-state index is 11.8. The average molecular weight is 361 g/mol. The second-order valence-corrected chi connectivity index (χ2v) is 5.28. The molecule has 0 saturated heterocycles. The van der Waals surface area contributed by atoms with E-state index in [0.29, 0.717) is 0 Å². The molecule has 0 aliphatic carbocycles. The number of anilines is 1. The topological polar surface area (TPSA) is 29.1 Å². The van der Waals surface area contributed by atoms with E-state index in [9.17, 15) is 4.79 Å². The number of rotatable bonds is 1. The van der Waals surface area contributed by atoms with Gasteiger partial charge in [-0.3, -0.25) is 4.79 Å². The zero-order valence-electron chi connectivity index (χ0n) is 10.4. The van der Waals surface area contributed by atoms with Gasteiger partial charge in [0.15, 0.2) is 0 Å². The van der Waals surface area contributed by atoms with Gasteiger partial charge in [0.1, 0.15) is 0 Å². The second kappa shape index (κ2) is 6.39. The monoisotopic (exact) mass is 361 g/mol. The molecule has 19 heavy (non-hydrogen) atoms. The molecule has 0 radical (unpaired) electrons. The van der Waals surface area contributed by atoms with Crippen LogP contribution in [0.25, 0.3) is 0 Å². The van der Waals surface area contributed by atoms with Crippen LogP contribution in [0.4, 0.5) is 5.69 Å². The number of carbonyl (C=O) groups is 1. The van der Waals surface area contributed by atoms with Crippen LogP contribution in [-0.4, -0.2) is 5.91 Å². The van der Waals surface area contributed by atoms with E-state index in [4.69, 9.17) is 0 Å². The Balaban J connectivity index is 2.10. The van der Waals surface area contributed by atoms with Crippen molar-refractivity contribution in [1.82, 2.24) is 0 Å². The first-order chi connectivity index (χ1) is 9.15. The Morgan fingerprint density at radius 3 is 2.63 bits per heavy atom. The van der Waals surface area contributed by atoms with Gasteiger partial charge in [-0.2, -0.15) is 0 Å². The molecule has 1 N–H and O–H groups in total. The number of hydrogen-bond acceptors (Lipinski definition) is 1. The van der Waals surface area contributed by atoms with E-state index in [-0.39, 0.29) is 5.91 Å². The molecule has 0 saturated carbocycles. The predicted molar refractivity (Wildman–Crippen MR) is 85.8 cm³/mol. The molecule has 0 aliphatic rings. The molecule has 1 amide bonds. The minimum absolute atomic E-state index is 0.297. The fourth-order valence-corrected chi connectivity index (χ4v) is 2.02. The van der Waals surface area contributed by atoms with Gasteiger partial charge in [-0.1, -0.05) is 30.2 Å². The molecule has 0 bridgehead atoms. The third-order valence-electron chi connectivity index (χ3n) is 2.54. The summed E-state index contributed by atoms with van der Waals surface area (Å²) in [6.45, 7) is 1.95. The van der Waals surface area contributed by atoms with E-state index in [2.05, 4.69) is 39.7 Å². The van der Waals surface area contributed by atoms with Gasteiger partial charge in [0, 0.05) is 20.7 Å². The highest BCUT2D eigenvalue weighted by molar-refractivity contribution is 14.1. The van der Waals surface area contributed by atoms with Crippen molar-refractivity contribution in [3.8, 4) is 11.8 Å². The SMILES string of the molecule is Cc1ccc(I)cc1NC(=O)C#Cc1ccccc1. The van der Waals surface area contributed by atoms with Crippen LogP contribution in [0, 0.1) is 22.3 Å². The van der Waals surface area contributed by atoms with Gasteiger partial charge in [-0.25, -0.2) is 0 Å². The van der Waals surface area contributed by atoms with Crippen LogP contribution in [0.3, 0.4) is 0 Å². The summed E-state index contributed by atoms with van der Waals surface area (Å²) in [7, 11) is 0. The average Bonchev–Trinajstić information content (AvgIpc) is 2.42. The fraction of sp³-hybridized carbons (Fsp3) is 0.0625. The van der Waals surface area contributed by atoms with Crippen LogP contribution in [-0.2, 0) is 4.79 Å². The van der Waals surface area contributed by atoms with Crippen molar-refractivity contribution >= 4 is 34.2 Å². The van der Waals surface area contributed by atoms with Crippen molar-refractivity contribution in [3.05, 3.63) is 63.2 Å². The standard InChI is InChI=1S/C16H12INO/c1-12-7-9-14(17)11-15(12)18-16(19)10-8-13-5-3-2-4-6-13/h2-7,9,11H,1H3,(H,18,19). The summed E-state index contributed by atoms with van der Waals surface area (Å²) in [5.41, 5.74) is 2.66. The first kappa shape index (κ1) is 13.6. The third-order valence-corrected chi connectivity index (χ3v) is 3.21. The normalized spacial score (nSPS) is 9.37. The van der Waals surface area contributed by atoms with Gasteiger partial charge in [0.05, 0.1) is 0 Å². The van der Waals surface area contributed by atoms with Gasteiger partial charge >= 0.3 is 5.91 Å². The van der Waals surface area contributed by atoms with Crippen LogP contribution in [0.15, 0.2) is 48.5 Å². The highest BCUT2D eigenvalue weighted by atomic mass is 127. The summed E-state index contributed by atoms with van der Waals surface area (Å²) in [5.74, 6) is 5.13. The Kier molecular flexibility index (Phi) is 4.58. The van der Waals surface area contributed by atoms with E-state index in [1.807, 2.05) is 55.5 Å². The molecule has 0 spiro atoms. The lowest BCUT2D eigenvalue weighted by molar-refractivity contribution is -0.111. The molecule has 2 rings (SSSR count). The minimum atomic E-state index is -0.297. The summed E-state index contributed by atoms with van der Waals surface area (Å²) < 4.78 is 1.08. The lowest BCUT2D eigenvalue weighted by Gasteiger charge is -2.05. The van der Waals surface area contributed by atoms with Crippen LogP contribution in [0.2, 0.25) is 0 Å². The lowest BCUT2D eigenvalue weighted by atomic mass is 10.2. The van der Waals surface area contributed by atoms with E-state index in [1.54, 1.807) is 0 Å². The Labute approximate surface area is 126 Å². The first-order valence-electron chi connectivity index (χ1n) is 5.79. The Hall–Kier alpha value is -1.80. The highest BCUT2D eigenvalue weighted by Crippen LogP contribution is 2.17. The van der Waals surface area contributed by atoms with Gasteiger partial charge in [0.2, 0.25) is 0 Å². The maximum atomic E-state index is 11.8. The molecule has 2 nitrogen and oxygen atoms in total. The quantitative estimate of drug-likeness (QED) is 0.611. The first-order valence-corrected chi connectivity index (χ1v) is 6.87. The van der Waals surface area contributed by atoms with E-state index in [1.165, 1.54) is 0 Å². The number of benzene rings is 2. The van der Waals surface area contributed by atoms with Crippen molar-refractivity contribution in [2.45, 2.75) is 6.92 Å². The summed E-state index contributed by atoms with van der Waals surface area (Å²) in [6.07, 6.45) is 0. The zero-order valence-corrected chi connectivity index (χ0v) is 12.6. The molecule has 0 fully saturated rings. The van der Waals surface area contributed by atoms with Crippen LogP contribution >= 0.6 is 22.6 Å². The molecule has 3 heteroatoms. The van der Waals surface area contributed by atoms with E-state index >= 15 is 0 Å². The molecule has 0 heterocycles. The predicted octanol–water partition coefficient (Wildman–Crippen LogP) is 3.59. The highest BCUT2D eigenvalue weighted by Gasteiger charge is 2.02. The Morgan fingerprint density at radius 2 is 1.89 bits per heavy atom. The molecule has 94 valence electrons. The second-order valence-electron chi connectivity index (χ2n) is 4.03. The third kappa shape index (κ3) is 4.11. The summed E-state index contributed by atoms with van der Waals surface area (Å²) >= 11 is 2.21. The number of aryl methyl sites for hydroxylation is 1. The Morgan fingerprint density at radius 1 is 1.16 bits per heavy atom. The van der Waals surface area contributed by atoms with Crippen LogP contribution < -0.4 is 5.32 Å². The summed E-state index contributed by atoms with van der Waals surface area (Å²) in [5, 5.41) is 2.80. The Bertz CT molecular complexity index is 653. The number of hydrogen-bond donors (Lipinski definition) is 1. The van der Waals surface area contributed by atoms with Gasteiger partial charge < -0.3 is 5.32 Å². The molecule has 0 atom stereocenters. The maximum Gasteiger partial charge on any atom is 0.300 e. The molecular formula is C16H12INO.